The fraction of sp³-hybridized carbons (Fsp3) is 0.143. The van der Waals surface area contributed by atoms with Gasteiger partial charge in [0.1, 0.15) is 0 Å². The summed E-state index contributed by atoms with van der Waals surface area (Å²) >= 11 is 0. The highest BCUT2D eigenvalue weighted by Crippen LogP contribution is 2.23. The third-order valence-electron chi connectivity index (χ3n) is 2.75. The summed E-state index contributed by atoms with van der Waals surface area (Å²) in [6.45, 7) is 1.78. The lowest BCUT2D eigenvalue weighted by molar-refractivity contribution is 0.0696. The van der Waals surface area contributed by atoms with Crippen LogP contribution in [0, 0.1) is 6.92 Å². The van der Waals surface area contributed by atoms with Crippen LogP contribution in [-0.4, -0.2) is 23.2 Å². The number of carboxylic acids is 1. The maximum absolute atomic E-state index is 11.1. The Morgan fingerprint density at radius 3 is 2.50 bits per heavy atom. The van der Waals surface area contributed by atoms with Crippen molar-refractivity contribution in [1.82, 2.24) is 4.98 Å². The molecule has 1 aromatic heterocycles. The Kier molecular flexibility index (Phi) is 3.28. The number of carboxylic acid groups (broad SMARTS) is 1. The summed E-state index contributed by atoms with van der Waals surface area (Å²) in [7, 11) is 1.55. The van der Waals surface area contributed by atoms with Gasteiger partial charge in [-0.2, -0.15) is 0 Å². The van der Waals surface area contributed by atoms with E-state index in [1.54, 1.807) is 38.4 Å². The number of benzene rings is 1. The molecule has 0 bridgehead atoms. The van der Waals surface area contributed by atoms with Gasteiger partial charge in [0, 0.05) is 17.8 Å². The topological polar surface area (TPSA) is 59.4 Å². The van der Waals surface area contributed by atoms with Gasteiger partial charge in [0.25, 0.3) is 0 Å². The van der Waals surface area contributed by atoms with Crippen molar-refractivity contribution in [2.45, 2.75) is 6.92 Å². The molecule has 4 heteroatoms. The number of ether oxygens (including phenoxy) is 1. The second-order valence-electron chi connectivity index (χ2n) is 3.92. The maximum atomic E-state index is 11.1. The Balaban J connectivity index is 2.44. The van der Waals surface area contributed by atoms with Crippen molar-refractivity contribution in [3.63, 3.8) is 0 Å². The summed E-state index contributed by atoms with van der Waals surface area (Å²) < 4.78 is 4.98. The van der Waals surface area contributed by atoms with Crippen LogP contribution in [-0.2, 0) is 0 Å². The van der Waals surface area contributed by atoms with E-state index in [1.807, 2.05) is 12.1 Å². The molecule has 92 valence electrons. The highest BCUT2D eigenvalue weighted by atomic mass is 16.5. The van der Waals surface area contributed by atoms with Crippen LogP contribution in [0.5, 0.6) is 5.88 Å². The summed E-state index contributed by atoms with van der Waals surface area (Å²) in [5.74, 6) is -0.389. The van der Waals surface area contributed by atoms with Gasteiger partial charge in [-0.25, -0.2) is 9.78 Å². The van der Waals surface area contributed by atoms with Gasteiger partial charge in [0.15, 0.2) is 0 Å². The van der Waals surface area contributed by atoms with Gasteiger partial charge in [0.05, 0.1) is 12.7 Å². The summed E-state index contributed by atoms with van der Waals surface area (Å²) in [6.07, 6.45) is 1.66. The van der Waals surface area contributed by atoms with E-state index in [0.717, 1.165) is 16.7 Å². The number of aromatic nitrogens is 1. The third-order valence-corrected chi connectivity index (χ3v) is 2.75. The number of pyridine rings is 1. The van der Waals surface area contributed by atoms with Crippen molar-refractivity contribution in [2.75, 3.05) is 7.11 Å². The van der Waals surface area contributed by atoms with Gasteiger partial charge in [0.2, 0.25) is 5.88 Å². The van der Waals surface area contributed by atoms with Crippen molar-refractivity contribution in [2.24, 2.45) is 0 Å². The number of hydrogen-bond acceptors (Lipinski definition) is 3. The summed E-state index contributed by atoms with van der Waals surface area (Å²) in [5.41, 5.74) is 2.74. The van der Waals surface area contributed by atoms with Gasteiger partial charge >= 0.3 is 5.97 Å². The fourth-order valence-corrected chi connectivity index (χ4v) is 1.70. The molecule has 0 spiro atoms. The zero-order chi connectivity index (χ0) is 13.1. The number of rotatable bonds is 3. The predicted molar refractivity (Wildman–Crippen MR) is 67.9 cm³/mol. The first-order chi connectivity index (χ1) is 8.61. The van der Waals surface area contributed by atoms with Gasteiger partial charge in [-0.1, -0.05) is 12.1 Å². The third kappa shape index (κ3) is 2.32. The molecule has 4 nitrogen and oxygen atoms in total. The quantitative estimate of drug-likeness (QED) is 0.900. The molecule has 0 aliphatic carbocycles. The highest BCUT2D eigenvalue weighted by molar-refractivity contribution is 5.91. The fourth-order valence-electron chi connectivity index (χ4n) is 1.70. The average molecular weight is 243 g/mol. The average Bonchev–Trinajstić information content (AvgIpc) is 2.39. The maximum Gasteiger partial charge on any atom is 0.335 e. The first-order valence-electron chi connectivity index (χ1n) is 5.46. The number of hydrogen-bond donors (Lipinski definition) is 1. The number of aromatic carboxylic acids is 1. The minimum absolute atomic E-state index is 0.309. The van der Waals surface area contributed by atoms with E-state index in [2.05, 4.69) is 4.98 Å². The molecule has 18 heavy (non-hydrogen) atoms. The molecule has 0 aliphatic heterocycles. The van der Waals surface area contributed by atoms with E-state index in [-0.39, 0.29) is 0 Å². The van der Waals surface area contributed by atoms with Crippen LogP contribution in [0.2, 0.25) is 0 Å². The SMILES string of the molecule is COc1ccc(-c2ccc(C)c(C(=O)O)c2)cn1. The van der Waals surface area contributed by atoms with Gasteiger partial charge in [-0.3, -0.25) is 0 Å². The molecule has 0 unspecified atom stereocenters. The smallest absolute Gasteiger partial charge is 0.335 e. The van der Waals surface area contributed by atoms with Gasteiger partial charge < -0.3 is 9.84 Å². The zero-order valence-electron chi connectivity index (χ0n) is 10.2. The largest absolute Gasteiger partial charge is 0.481 e. The molecule has 1 heterocycles. The van der Waals surface area contributed by atoms with E-state index in [4.69, 9.17) is 9.84 Å². The summed E-state index contributed by atoms with van der Waals surface area (Å²) in [4.78, 5) is 15.2. The van der Waals surface area contributed by atoms with E-state index < -0.39 is 5.97 Å². The zero-order valence-corrected chi connectivity index (χ0v) is 10.2. The van der Waals surface area contributed by atoms with Crippen LogP contribution in [0.1, 0.15) is 15.9 Å². The van der Waals surface area contributed by atoms with Crippen LogP contribution in [0.15, 0.2) is 36.5 Å². The van der Waals surface area contributed by atoms with Crippen LogP contribution in [0.4, 0.5) is 0 Å². The molecule has 0 aliphatic rings. The molecule has 0 fully saturated rings. The van der Waals surface area contributed by atoms with E-state index in [9.17, 15) is 4.79 Å². The Morgan fingerprint density at radius 2 is 1.94 bits per heavy atom. The summed E-state index contributed by atoms with van der Waals surface area (Å²) in [5, 5.41) is 9.08. The van der Waals surface area contributed by atoms with Crippen LogP contribution in [0.25, 0.3) is 11.1 Å². The van der Waals surface area contributed by atoms with Crippen LogP contribution in [0.3, 0.4) is 0 Å². The Labute approximate surface area is 105 Å². The van der Waals surface area contributed by atoms with Crippen molar-refractivity contribution in [1.29, 1.82) is 0 Å². The van der Waals surface area contributed by atoms with Gasteiger partial charge in [-0.15, -0.1) is 0 Å². The monoisotopic (exact) mass is 243 g/mol. The lowest BCUT2D eigenvalue weighted by Crippen LogP contribution is -1.99. The number of aryl methyl sites for hydroxylation is 1. The molecule has 0 radical (unpaired) electrons. The van der Waals surface area contributed by atoms with E-state index >= 15 is 0 Å². The molecule has 0 amide bonds. The standard InChI is InChI=1S/C14H13NO3/c1-9-3-4-10(7-12(9)14(16)17)11-5-6-13(18-2)15-8-11/h3-8H,1-2H3,(H,16,17). The number of methoxy groups -OCH3 is 1. The van der Waals surface area contributed by atoms with Crippen molar-refractivity contribution < 1.29 is 14.6 Å². The van der Waals surface area contributed by atoms with E-state index in [0.29, 0.717) is 11.4 Å². The summed E-state index contributed by atoms with van der Waals surface area (Å²) in [6, 6.07) is 8.92. The predicted octanol–water partition coefficient (Wildman–Crippen LogP) is 2.76. The molecule has 1 aromatic carbocycles. The highest BCUT2D eigenvalue weighted by Gasteiger charge is 2.09. The number of nitrogens with zero attached hydrogens (tertiary/aromatic N) is 1. The first-order valence-corrected chi connectivity index (χ1v) is 5.46. The number of carbonyl (C=O) groups is 1. The second-order valence-corrected chi connectivity index (χ2v) is 3.92. The first kappa shape index (κ1) is 12.1. The van der Waals surface area contributed by atoms with Crippen molar-refractivity contribution in [3.8, 4) is 17.0 Å². The van der Waals surface area contributed by atoms with Gasteiger partial charge in [-0.05, 0) is 30.2 Å². The Hall–Kier alpha value is -2.36. The minimum Gasteiger partial charge on any atom is -0.481 e. The molecular formula is C14H13NO3. The van der Waals surface area contributed by atoms with Crippen molar-refractivity contribution >= 4 is 5.97 Å². The van der Waals surface area contributed by atoms with Crippen LogP contribution >= 0.6 is 0 Å². The van der Waals surface area contributed by atoms with Crippen molar-refractivity contribution in [3.05, 3.63) is 47.7 Å². The van der Waals surface area contributed by atoms with E-state index in [1.165, 1.54) is 0 Å². The normalized spacial score (nSPS) is 10.1. The molecule has 0 atom stereocenters. The molecular weight excluding hydrogens is 230 g/mol. The molecule has 2 aromatic rings. The lowest BCUT2D eigenvalue weighted by atomic mass is 10.0. The second kappa shape index (κ2) is 4.87. The molecule has 0 saturated carbocycles. The van der Waals surface area contributed by atoms with Crippen LogP contribution < -0.4 is 4.74 Å². The molecule has 2 rings (SSSR count). The lowest BCUT2D eigenvalue weighted by Gasteiger charge is -2.06. The Bertz CT molecular complexity index is 576. The molecule has 1 N–H and O–H groups in total. The Morgan fingerprint density at radius 1 is 1.22 bits per heavy atom. The minimum atomic E-state index is -0.921. The molecule has 0 saturated heterocycles.